The van der Waals surface area contributed by atoms with Crippen LogP contribution in [0.15, 0.2) is 18.2 Å². The van der Waals surface area contributed by atoms with Crippen molar-refractivity contribution in [3.05, 3.63) is 34.9 Å². The minimum absolute atomic E-state index is 0.0144. The van der Waals surface area contributed by atoms with Crippen LogP contribution in [-0.2, 0) is 4.79 Å². The van der Waals surface area contributed by atoms with Crippen LogP contribution in [0.25, 0.3) is 0 Å². The largest absolute Gasteiger partial charge is 0.353 e. The van der Waals surface area contributed by atoms with Crippen LogP contribution in [0.5, 0.6) is 0 Å². The Labute approximate surface area is 113 Å². The normalized spacial score (nSPS) is 19.3. The van der Waals surface area contributed by atoms with Crippen LogP contribution in [0.4, 0.5) is 0 Å². The fraction of sp³-hybridized carbons (Fsp3) is 0.467. The molecule has 1 aromatic carbocycles. The third-order valence-electron chi connectivity index (χ3n) is 3.61. The van der Waals surface area contributed by atoms with Gasteiger partial charge in [-0.25, -0.2) is 0 Å². The molecule has 0 radical (unpaired) electrons. The molecule has 0 aromatic heterocycles. The lowest BCUT2D eigenvalue weighted by molar-refractivity contribution is -0.123. The molecule has 1 heterocycles. The molecule has 4 nitrogen and oxygen atoms in total. The number of nitrogens with one attached hydrogen (secondary N) is 2. The Bertz CT molecular complexity index is 511. The lowest BCUT2D eigenvalue weighted by Gasteiger charge is -2.26. The van der Waals surface area contributed by atoms with E-state index in [4.69, 9.17) is 0 Å². The maximum Gasteiger partial charge on any atom is 0.251 e. The minimum Gasteiger partial charge on any atom is -0.353 e. The van der Waals surface area contributed by atoms with E-state index in [-0.39, 0.29) is 23.8 Å². The molecule has 2 amide bonds. The van der Waals surface area contributed by atoms with Crippen molar-refractivity contribution >= 4 is 11.8 Å². The Kier molecular flexibility index (Phi) is 3.88. The number of rotatable bonds is 3. The molecule has 2 unspecified atom stereocenters. The summed E-state index contributed by atoms with van der Waals surface area (Å²) in [5.74, 6) is -0.395. The van der Waals surface area contributed by atoms with E-state index in [0.717, 1.165) is 17.5 Å². The van der Waals surface area contributed by atoms with Gasteiger partial charge in [0.1, 0.15) is 0 Å². The van der Waals surface area contributed by atoms with Crippen molar-refractivity contribution in [1.82, 2.24) is 10.6 Å². The summed E-state index contributed by atoms with van der Waals surface area (Å²) in [5, 5.41) is 5.77. The van der Waals surface area contributed by atoms with Gasteiger partial charge in [-0.2, -0.15) is 0 Å². The lowest BCUT2D eigenvalue weighted by atomic mass is 9.88. The first-order valence-corrected chi connectivity index (χ1v) is 6.72. The number of aryl methyl sites for hydroxylation is 1. The molecule has 0 bridgehead atoms. The first kappa shape index (κ1) is 13.6. The summed E-state index contributed by atoms with van der Waals surface area (Å²) in [6.45, 7) is 6.33. The van der Waals surface area contributed by atoms with Crippen molar-refractivity contribution < 1.29 is 9.59 Å². The molecule has 2 N–H and O–H groups in total. The van der Waals surface area contributed by atoms with E-state index >= 15 is 0 Å². The fourth-order valence-corrected chi connectivity index (χ4v) is 2.25. The number of benzene rings is 1. The Balaban J connectivity index is 2.28. The van der Waals surface area contributed by atoms with Crippen molar-refractivity contribution in [3.8, 4) is 0 Å². The minimum atomic E-state index is -0.290. The summed E-state index contributed by atoms with van der Waals surface area (Å²) >= 11 is 0. The molecule has 1 aromatic rings. The van der Waals surface area contributed by atoms with E-state index in [1.807, 2.05) is 39.0 Å². The second kappa shape index (κ2) is 5.43. The predicted octanol–water partition coefficient (Wildman–Crippen LogP) is 1.74. The molecule has 0 spiro atoms. The fourth-order valence-electron chi connectivity index (χ4n) is 2.25. The molecule has 0 fully saturated rings. The van der Waals surface area contributed by atoms with Crippen molar-refractivity contribution in [1.29, 1.82) is 0 Å². The summed E-state index contributed by atoms with van der Waals surface area (Å²) in [4.78, 5) is 24.1. The molecule has 0 aliphatic carbocycles. The van der Waals surface area contributed by atoms with Crippen LogP contribution >= 0.6 is 0 Å². The van der Waals surface area contributed by atoms with Crippen molar-refractivity contribution in [2.75, 3.05) is 6.54 Å². The second-order valence-electron chi connectivity index (χ2n) is 5.17. The highest BCUT2D eigenvalue weighted by atomic mass is 16.2. The van der Waals surface area contributed by atoms with Crippen LogP contribution in [0.3, 0.4) is 0 Å². The van der Waals surface area contributed by atoms with Crippen LogP contribution < -0.4 is 10.6 Å². The monoisotopic (exact) mass is 260 g/mol. The predicted molar refractivity (Wildman–Crippen MR) is 74.1 cm³/mol. The molecule has 1 aliphatic heterocycles. The Morgan fingerprint density at radius 2 is 2.26 bits per heavy atom. The first-order chi connectivity index (χ1) is 9.02. The first-order valence-electron chi connectivity index (χ1n) is 6.72. The number of hydrogen-bond acceptors (Lipinski definition) is 2. The third-order valence-corrected chi connectivity index (χ3v) is 3.61. The molecule has 0 saturated heterocycles. The van der Waals surface area contributed by atoms with E-state index < -0.39 is 0 Å². The molecule has 2 rings (SSSR count). The molecule has 19 heavy (non-hydrogen) atoms. The van der Waals surface area contributed by atoms with E-state index in [9.17, 15) is 9.59 Å². The maximum absolute atomic E-state index is 12.3. The zero-order valence-corrected chi connectivity index (χ0v) is 11.6. The molecule has 1 aliphatic rings. The quantitative estimate of drug-likeness (QED) is 0.869. The standard InChI is InChI=1S/C15H20N2O2/c1-4-10(3)17-15(19)13-8-16-14(18)12-7-9(2)5-6-11(12)13/h5-7,10,13H,4,8H2,1-3H3,(H,16,18)(H,17,19). The number of fused-ring (bicyclic) bond motifs is 1. The van der Waals surface area contributed by atoms with Crippen LogP contribution in [0.2, 0.25) is 0 Å². The number of amides is 2. The van der Waals surface area contributed by atoms with Gasteiger partial charge in [0.2, 0.25) is 5.91 Å². The van der Waals surface area contributed by atoms with Gasteiger partial charge in [0.05, 0.1) is 5.92 Å². The van der Waals surface area contributed by atoms with Crippen LogP contribution in [0.1, 0.15) is 47.7 Å². The van der Waals surface area contributed by atoms with Gasteiger partial charge < -0.3 is 10.6 Å². The molecule has 4 heteroatoms. The zero-order chi connectivity index (χ0) is 14.0. The van der Waals surface area contributed by atoms with Gasteiger partial charge in [-0.3, -0.25) is 9.59 Å². The van der Waals surface area contributed by atoms with Gasteiger partial charge in [-0.15, -0.1) is 0 Å². The van der Waals surface area contributed by atoms with Crippen LogP contribution in [0, 0.1) is 6.92 Å². The second-order valence-corrected chi connectivity index (χ2v) is 5.17. The summed E-state index contributed by atoms with van der Waals surface area (Å²) in [7, 11) is 0. The molecular formula is C15H20N2O2. The molecule has 0 saturated carbocycles. The van der Waals surface area contributed by atoms with E-state index in [0.29, 0.717) is 12.1 Å². The number of hydrogen-bond donors (Lipinski definition) is 2. The van der Waals surface area contributed by atoms with E-state index in [2.05, 4.69) is 10.6 Å². The van der Waals surface area contributed by atoms with Gasteiger partial charge in [-0.1, -0.05) is 24.6 Å². The summed E-state index contributed by atoms with van der Waals surface area (Å²) < 4.78 is 0. The summed E-state index contributed by atoms with van der Waals surface area (Å²) in [6, 6.07) is 5.83. The van der Waals surface area contributed by atoms with E-state index in [1.165, 1.54) is 0 Å². The van der Waals surface area contributed by atoms with Crippen molar-refractivity contribution in [3.63, 3.8) is 0 Å². The van der Waals surface area contributed by atoms with Crippen molar-refractivity contribution in [2.45, 2.75) is 39.2 Å². The highest BCUT2D eigenvalue weighted by molar-refractivity contribution is 6.00. The highest BCUT2D eigenvalue weighted by Gasteiger charge is 2.30. The number of carbonyl (C=O) groups is 2. The average molecular weight is 260 g/mol. The van der Waals surface area contributed by atoms with Gasteiger partial charge in [0.15, 0.2) is 0 Å². The Morgan fingerprint density at radius 3 is 2.95 bits per heavy atom. The number of carbonyl (C=O) groups excluding carboxylic acids is 2. The Morgan fingerprint density at radius 1 is 1.53 bits per heavy atom. The van der Waals surface area contributed by atoms with Gasteiger partial charge in [0, 0.05) is 18.2 Å². The van der Waals surface area contributed by atoms with E-state index in [1.54, 1.807) is 0 Å². The molecule has 102 valence electrons. The lowest BCUT2D eigenvalue weighted by Crippen LogP contribution is -2.44. The third kappa shape index (κ3) is 2.78. The maximum atomic E-state index is 12.3. The smallest absolute Gasteiger partial charge is 0.251 e. The van der Waals surface area contributed by atoms with Gasteiger partial charge in [0.25, 0.3) is 5.91 Å². The molecular weight excluding hydrogens is 240 g/mol. The topological polar surface area (TPSA) is 58.2 Å². The summed E-state index contributed by atoms with van der Waals surface area (Å²) in [5.41, 5.74) is 2.47. The SMILES string of the molecule is CCC(C)NC(=O)C1CNC(=O)c2cc(C)ccc21. The average Bonchev–Trinajstić information content (AvgIpc) is 2.39. The van der Waals surface area contributed by atoms with Crippen LogP contribution in [-0.4, -0.2) is 24.4 Å². The zero-order valence-electron chi connectivity index (χ0n) is 11.6. The van der Waals surface area contributed by atoms with Crippen molar-refractivity contribution in [2.24, 2.45) is 0 Å². The van der Waals surface area contributed by atoms with Gasteiger partial charge >= 0.3 is 0 Å². The highest BCUT2D eigenvalue weighted by Crippen LogP contribution is 2.25. The Hall–Kier alpha value is -1.84. The van der Waals surface area contributed by atoms with Gasteiger partial charge in [-0.05, 0) is 31.9 Å². The molecule has 2 atom stereocenters. The summed E-state index contributed by atoms with van der Waals surface area (Å²) in [6.07, 6.45) is 0.894.